The summed E-state index contributed by atoms with van der Waals surface area (Å²) < 4.78 is 5.67. The summed E-state index contributed by atoms with van der Waals surface area (Å²) in [6.45, 7) is 0. The molecule has 0 spiro atoms. The van der Waals surface area contributed by atoms with Crippen molar-refractivity contribution in [2.45, 2.75) is 0 Å². The van der Waals surface area contributed by atoms with Gasteiger partial charge in [-0.2, -0.15) is 0 Å². The molecule has 0 bridgehead atoms. The predicted molar refractivity (Wildman–Crippen MR) is 75.9 cm³/mol. The van der Waals surface area contributed by atoms with Crippen molar-refractivity contribution in [3.63, 3.8) is 0 Å². The van der Waals surface area contributed by atoms with Crippen molar-refractivity contribution in [2.24, 2.45) is 0 Å². The Morgan fingerprint density at radius 1 is 1.22 bits per heavy atom. The van der Waals surface area contributed by atoms with Crippen LogP contribution < -0.4 is 0 Å². The zero-order chi connectivity index (χ0) is 13.1. The second-order valence-electron chi connectivity index (χ2n) is 3.69. The maximum atomic E-state index is 11.7. The van der Waals surface area contributed by atoms with E-state index in [4.69, 9.17) is 16.3 Å². The highest BCUT2D eigenvalue weighted by Crippen LogP contribution is 2.29. The SMILES string of the molecule is COC(=O)c1ccc(Br)cc1-c1cccc(Cl)c1. The van der Waals surface area contributed by atoms with Crippen LogP contribution in [-0.2, 0) is 4.74 Å². The van der Waals surface area contributed by atoms with Crippen LogP contribution in [0.2, 0.25) is 5.02 Å². The zero-order valence-electron chi connectivity index (χ0n) is 9.61. The van der Waals surface area contributed by atoms with Gasteiger partial charge in [0.1, 0.15) is 0 Å². The number of carbonyl (C=O) groups excluding carboxylic acids is 1. The monoisotopic (exact) mass is 324 g/mol. The summed E-state index contributed by atoms with van der Waals surface area (Å²) >= 11 is 9.37. The van der Waals surface area contributed by atoms with E-state index in [1.54, 1.807) is 18.2 Å². The Labute approximate surface area is 119 Å². The fourth-order valence-corrected chi connectivity index (χ4v) is 2.25. The Morgan fingerprint density at radius 2 is 2.00 bits per heavy atom. The molecule has 92 valence electrons. The quantitative estimate of drug-likeness (QED) is 0.757. The molecule has 0 fully saturated rings. The number of carbonyl (C=O) groups is 1. The molecule has 0 saturated carbocycles. The Hall–Kier alpha value is -1.32. The van der Waals surface area contributed by atoms with Crippen LogP contribution in [0.25, 0.3) is 11.1 Å². The smallest absolute Gasteiger partial charge is 0.338 e. The van der Waals surface area contributed by atoms with E-state index in [-0.39, 0.29) is 5.97 Å². The Kier molecular flexibility index (Phi) is 4.04. The molecule has 2 rings (SSSR count). The van der Waals surface area contributed by atoms with Gasteiger partial charge in [-0.1, -0.05) is 39.7 Å². The van der Waals surface area contributed by atoms with Gasteiger partial charge in [-0.3, -0.25) is 0 Å². The number of halogens is 2. The zero-order valence-corrected chi connectivity index (χ0v) is 12.0. The van der Waals surface area contributed by atoms with Gasteiger partial charge in [-0.05, 0) is 41.5 Å². The standard InChI is InChI=1S/C14H10BrClO2/c1-18-14(17)12-6-5-10(15)8-13(12)9-3-2-4-11(16)7-9/h2-8H,1H3. The summed E-state index contributed by atoms with van der Waals surface area (Å²) in [6, 6.07) is 12.8. The van der Waals surface area contributed by atoms with Gasteiger partial charge in [-0.15, -0.1) is 0 Å². The van der Waals surface area contributed by atoms with Crippen LogP contribution in [0.15, 0.2) is 46.9 Å². The first kappa shape index (κ1) is 13.1. The first-order valence-corrected chi connectivity index (χ1v) is 6.42. The van der Waals surface area contributed by atoms with Gasteiger partial charge in [0.15, 0.2) is 0 Å². The van der Waals surface area contributed by atoms with Crippen LogP contribution in [0.1, 0.15) is 10.4 Å². The lowest BCUT2D eigenvalue weighted by molar-refractivity contribution is 0.0601. The molecule has 0 radical (unpaired) electrons. The highest BCUT2D eigenvalue weighted by atomic mass is 79.9. The van der Waals surface area contributed by atoms with E-state index in [1.165, 1.54) is 7.11 Å². The van der Waals surface area contributed by atoms with Gasteiger partial charge in [0.05, 0.1) is 12.7 Å². The molecule has 0 aliphatic rings. The number of ether oxygens (including phenoxy) is 1. The fourth-order valence-electron chi connectivity index (χ4n) is 1.70. The molecular weight excluding hydrogens is 316 g/mol. The minimum atomic E-state index is -0.363. The van der Waals surface area contributed by atoms with Crippen LogP contribution >= 0.6 is 27.5 Å². The van der Waals surface area contributed by atoms with Gasteiger partial charge in [0, 0.05) is 9.50 Å². The maximum Gasteiger partial charge on any atom is 0.338 e. The number of esters is 1. The molecule has 4 heteroatoms. The van der Waals surface area contributed by atoms with Crippen molar-refractivity contribution in [3.8, 4) is 11.1 Å². The molecule has 0 aliphatic heterocycles. The van der Waals surface area contributed by atoms with Crippen molar-refractivity contribution < 1.29 is 9.53 Å². The number of hydrogen-bond acceptors (Lipinski definition) is 2. The molecule has 0 N–H and O–H groups in total. The van der Waals surface area contributed by atoms with Gasteiger partial charge < -0.3 is 4.74 Å². The molecule has 0 atom stereocenters. The molecule has 2 aromatic rings. The molecule has 2 aromatic carbocycles. The third kappa shape index (κ3) is 2.74. The van der Waals surface area contributed by atoms with Crippen LogP contribution in [0.4, 0.5) is 0 Å². The van der Waals surface area contributed by atoms with Crippen LogP contribution in [0, 0.1) is 0 Å². The van der Waals surface area contributed by atoms with Crippen molar-refractivity contribution in [1.29, 1.82) is 0 Å². The van der Waals surface area contributed by atoms with E-state index in [2.05, 4.69) is 15.9 Å². The second kappa shape index (κ2) is 5.55. The van der Waals surface area contributed by atoms with Gasteiger partial charge >= 0.3 is 5.97 Å². The van der Waals surface area contributed by atoms with E-state index in [1.807, 2.05) is 24.3 Å². The molecule has 0 aromatic heterocycles. The molecule has 0 saturated heterocycles. The van der Waals surface area contributed by atoms with Crippen LogP contribution in [-0.4, -0.2) is 13.1 Å². The minimum absolute atomic E-state index is 0.363. The lowest BCUT2D eigenvalue weighted by atomic mass is 10.00. The van der Waals surface area contributed by atoms with E-state index < -0.39 is 0 Å². The number of benzene rings is 2. The minimum Gasteiger partial charge on any atom is -0.465 e. The Balaban J connectivity index is 2.61. The van der Waals surface area contributed by atoms with Gasteiger partial charge in [0.2, 0.25) is 0 Å². The molecule has 0 amide bonds. The Bertz CT molecular complexity index is 596. The fraction of sp³-hybridized carbons (Fsp3) is 0.0714. The molecule has 2 nitrogen and oxygen atoms in total. The van der Waals surface area contributed by atoms with Gasteiger partial charge in [-0.25, -0.2) is 4.79 Å². The average Bonchev–Trinajstić information content (AvgIpc) is 2.38. The van der Waals surface area contributed by atoms with Gasteiger partial charge in [0.25, 0.3) is 0 Å². The summed E-state index contributed by atoms with van der Waals surface area (Å²) in [6.07, 6.45) is 0. The van der Waals surface area contributed by atoms with E-state index in [0.717, 1.165) is 15.6 Å². The number of rotatable bonds is 2. The summed E-state index contributed by atoms with van der Waals surface area (Å²) in [5.74, 6) is -0.363. The normalized spacial score (nSPS) is 10.2. The number of hydrogen-bond donors (Lipinski definition) is 0. The highest BCUT2D eigenvalue weighted by Gasteiger charge is 2.13. The second-order valence-corrected chi connectivity index (χ2v) is 5.04. The lowest BCUT2D eigenvalue weighted by Gasteiger charge is -2.09. The van der Waals surface area contributed by atoms with Crippen molar-refractivity contribution in [3.05, 3.63) is 57.5 Å². The Morgan fingerprint density at radius 3 is 2.67 bits per heavy atom. The van der Waals surface area contributed by atoms with E-state index >= 15 is 0 Å². The van der Waals surface area contributed by atoms with E-state index in [0.29, 0.717) is 10.6 Å². The topological polar surface area (TPSA) is 26.3 Å². The number of methoxy groups -OCH3 is 1. The van der Waals surface area contributed by atoms with Crippen molar-refractivity contribution in [2.75, 3.05) is 7.11 Å². The highest BCUT2D eigenvalue weighted by molar-refractivity contribution is 9.10. The third-order valence-corrected chi connectivity index (χ3v) is 3.25. The van der Waals surface area contributed by atoms with Crippen molar-refractivity contribution >= 4 is 33.5 Å². The summed E-state index contributed by atoms with van der Waals surface area (Å²) in [7, 11) is 1.37. The van der Waals surface area contributed by atoms with E-state index in [9.17, 15) is 4.79 Å². The first-order valence-electron chi connectivity index (χ1n) is 5.25. The average molecular weight is 326 g/mol. The summed E-state index contributed by atoms with van der Waals surface area (Å²) in [5.41, 5.74) is 2.19. The largest absolute Gasteiger partial charge is 0.465 e. The maximum absolute atomic E-state index is 11.7. The first-order chi connectivity index (χ1) is 8.61. The molecule has 0 unspecified atom stereocenters. The summed E-state index contributed by atoms with van der Waals surface area (Å²) in [4.78, 5) is 11.7. The third-order valence-electron chi connectivity index (χ3n) is 2.52. The molecule has 0 aliphatic carbocycles. The van der Waals surface area contributed by atoms with Crippen molar-refractivity contribution in [1.82, 2.24) is 0 Å². The summed E-state index contributed by atoms with van der Waals surface area (Å²) in [5, 5.41) is 0.628. The van der Waals surface area contributed by atoms with Crippen LogP contribution in [0.5, 0.6) is 0 Å². The molecule has 0 heterocycles. The molecule has 18 heavy (non-hydrogen) atoms. The molecular formula is C14H10BrClO2. The van der Waals surface area contributed by atoms with Crippen LogP contribution in [0.3, 0.4) is 0 Å². The lowest BCUT2D eigenvalue weighted by Crippen LogP contribution is -2.03. The predicted octanol–water partition coefficient (Wildman–Crippen LogP) is 4.56.